The van der Waals surface area contributed by atoms with Gasteiger partial charge in [0.1, 0.15) is 6.79 Å². The van der Waals surface area contributed by atoms with Crippen LogP contribution in [-0.2, 0) is 4.79 Å². The molecule has 0 aliphatic carbocycles. The van der Waals surface area contributed by atoms with E-state index in [1.54, 1.807) is 0 Å². The van der Waals surface area contributed by atoms with Crippen LogP contribution in [0.3, 0.4) is 0 Å². The van der Waals surface area contributed by atoms with Crippen molar-refractivity contribution in [1.82, 2.24) is 0 Å². The number of carbonyl (C=O) groups excluding carboxylic acids is 1. The van der Waals surface area contributed by atoms with Gasteiger partial charge in [-0.2, -0.15) is 0 Å². The Morgan fingerprint density at radius 3 is 2.50 bits per heavy atom. The molecule has 1 aromatic carbocycles. The minimum Gasteiger partial charge on any atom is -0.384 e. The van der Waals surface area contributed by atoms with E-state index in [1.807, 2.05) is 38.0 Å². The third-order valence-electron chi connectivity index (χ3n) is 1.24. The second-order valence-corrected chi connectivity index (χ2v) is 2.42. The zero-order valence-corrected chi connectivity index (χ0v) is 7.77. The second kappa shape index (κ2) is 6.68. The van der Waals surface area contributed by atoms with Crippen molar-refractivity contribution in [3.05, 3.63) is 29.3 Å². The van der Waals surface area contributed by atoms with E-state index in [9.17, 15) is 0 Å². The maximum atomic E-state index is 8.00. The Balaban J connectivity index is 0.000000561. The van der Waals surface area contributed by atoms with Gasteiger partial charge >= 0.3 is 0 Å². The van der Waals surface area contributed by atoms with E-state index in [-0.39, 0.29) is 0 Å². The van der Waals surface area contributed by atoms with Crippen LogP contribution in [0.5, 0.6) is 0 Å². The summed E-state index contributed by atoms with van der Waals surface area (Å²) in [5, 5.41) is 3.93. The van der Waals surface area contributed by atoms with Crippen LogP contribution in [0.1, 0.15) is 6.92 Å². The lowest BCUT2D eigenvalue weighted by Crippen LogP contribution is -1.95. The highest BCUT2D eigenvalue weighted by atomic mass is 35.5. The van der Waals surface area contributed by atoms with E-state index in [4.69, 9.17) is 16.4 Å². The summed E-state index contributed by atoms with van der Waals surface area (Å²) in [5.74, 6) is 0. The maximum Gasteiger partial charge on any atom is 0.106 e. The molecule has 1 N–H and O–H groups in total. The van der Waals surface area contributed by atoms with Crippen molar-refractivity contribution in [3.8, 4) is 0 Å². The molecule has 12 heavy (non-hydrogen) atoms. The molecule has 0 bridgehead atoms. The number of carbonyl (C=O) groups is 1. The molecule has 2 nitrogen and oxygen atoms in total. The Kier molecular flexibility index (Phi) is 6.11. The van der Waals surface area contributed by atoms with Crippen LogP contribution in [0.4, 0.5) is 5.69 Å². The first kappa shape index (κ1) is 11.0. The molecule has 0 unspecified atom stereocenters. The van der Waals surface area contributed by atoms with E-state index in [2.05, 4.69) is 5.32 Å². The Morgan fingerprint density at radius 1 is 1.42 bits per heavy atom. The Labute approximate surface area is 77.5 Å². The summed E-state index contributed by atoms with van der Waals surface area (Å²) < 4.78 is 0. The summed E-state index contributed by atoms with van der Waals surface area (Å²) in [6, 6.07) is 7.72. The molecule has 0 radical (unpaired) electrons. The molecule has 1 rings (SSSR count). The summed E-state index contributed by atoms with van der Waals surface area (Å²) in [6.07, 6.45) is 0. The Bertz CT molecular complexity index is 228. The molecule has 0 atom stereocenters. The summed E-state index contributed by atoms with van der Waals surface area (Å²) in [4.78, 5) is 8.00. The van der Waals surface area contributed by atoms with Crippen molar-refractivity contribution in [2.45, 2.75) is 6.92 Å². The van der Waals surface area contributed by atoms with Crippen LogP contribution >= 0.6 is 11.6 Å². The Hall–Kier alpha value is -1.02. The van der Waals surface area contributed by atoms with Crippen molar-refractivity contribution in [3.63, 3.8) is 0 Å². The summed E-state index contributed by atoms with van der Waals surface area (Å²) >= 11 is 5.84. The minimum absolute atomic E-state index is 0.782. The van der Waals surface area contributed by atoms with Crippen LogP contribution in [0.2, 0.25) is 5.02 Å². The van der Waals surface area contributed by atoms with Gasteiger partial charge in [0.25, 0.3) is 0 Å². The highest BCUT2D eigenvalue weighted by molar-refractivity contribution is 6.33. The first-order chi connectivity index (χ1) is 5.84. The van der Waals surface area contributed by atoms with Crippen LogP contribution in [0.25, 0.3) is 0 Å². The molecular formula is C9H12ClNO. The normalized spacial score (nSPS) is 8.17. The molecule has 0 spiro atoms. The van der Waals surface area contributed by atoms with E-state index in [0.717, 1.165) is 17.3 Å². The van der Waals surface area contributed by atoms with Gasteiger partial charge in [-0.3, -0.25) is 0 Å². The van der Waals surface area contributed by atoms with Gasteiger partial charge < -0.3 is 10.1 Å². The van der Waals surface area contributed by atoms with Gasteiger partial charge in [0.05, 0.1) is 10.7 Å². The average molecular weight is 186 g/mol. The maximum absolute atomic E-state index is 8.00. The molecule has 0 saturated heterocycles. The van der Waals surface area contributed by atoms with Gasteiger partial charge in [-0.25, -0.2) is 0 Å². The molecule has 0 aliphatic rings. The van der Waals surface area contributed by atoms with Gasteiger partial charge in [-0.1, -0.05) is 23.7 Å². The number of para-hydroxylation sites is 1. The molecule has 0 aromatic heterocycles. The fraction of sp³-hybridized carbons (Fsp3) is 0.222. The molecular weight excluding hydrogens is 174 g/mol. The van der Waals surface area contributed by atoms with E-state index >= 15 is 0 Å². The van der Waals surface area contributed by atoms with Crippen molar-refractivity contribution in [2.75, 3.05) is 11.9 Å². The van der Waals surface area contributed by atoms with Gasteiger partial charge in [0.15, 0.2) is 0 Å². The highest BCUT2D eigenvalue weighted by Gasteiger charge is 1.93. The smallest absolute Gasteiger partial charge is 0.106 e. The van der Waals surface area contributed by atoms with Gasteiger partial charge in [-0.15, -0.1) is 0 Å². The summed E-state index contributed by atoms with van der Waals surface area (Å²) in [6.45, 7) is 4.95. The standard InChI is InChI=1S/C8H10ClN.CH2O/c1-2-10-8-6-4-3-5-7(8)9;1-2/h3-6,10H,2H2,1H3;1H2. The molecule has 0 fully saturated rings. The van der Waals surface area contributed by atoms with Gasteiger partial charge in [0, 0.05) is 6.54 Å². The average Bonchev–Trinajstić information content (AvgIpc) is 2.13. The van der Waals surface area contributed by atoms with Crippen LogP contribution in [0.15, 0.2) is 24.3 Å². The third kappa shape index (κ3) is 3.39. The van der Waals surface area contributed by atoms with Crippen molar-refractivity contribution < 1.29 is 4.79 Å². The largest absolute Gasteiger partial charge is 0.384 e. The van der Waals surface area contributed by atoms with Crippen LogP contribution < -0.4 is 5.32 Å². The number of nitrogens with one attached hydrogen (secondary N) is 1. The van der Waals surface area contributed by atoms with E-state index in [1.165, 1.54) is 0 Å². The quantitative estimate of drug-likeness (QED) is 0.768. The monoisotopic (exact) mass is 185 g/mol. The van der Waals surface area contributed by atoms with Crippen molar-refractivity contribution >= 4 is 24.1 Å². The molecule has 0 amide bonds. The minimum atomic E-state index is 0.782. The molecule has 1 aromatic rings. The van der Waals surface area contributed by atoms with Gasteiger partial charge in [-0.05, 0) is 19.1 Å². The van der Waals surface area contributed by atoms with Gasteiger partial charge in [0.2, 0.25) is 0 Å². The number of anilines is 1. The first-order valence-electron chi connectivity index (χ1n) is 3.62. The molecule has 0 heterocycles. The summed E-state index contributed by atoms with van der Waals surface area (Å²) in [7, 11) is 0. The molecule has 66 valence electrons. The topological polar surface area (TPSA) is 29.1 Å². The van der Waals surface area contributed by atoms with E-state index < -0.39 is 0 Å². The zero-order valence-electron chi connectivity index (χ0n) is 7.01. The predicted molar refractivity (Wildman–Crippen MR) is 52.7 cm³/mol. The first-order valence-corrected chi connectivity index (χ1v) is 3.99. The number of benzene rings is 1. The number of hydrogen-bond donors (Lipinski definition) is 1. The predicted octanol–water partition coefficient (Wildman–Crippen LogP) is 2.59. The molecule has 0 saturated carbocycles. The van der Waals surface area contributed by atoms with Crippen molar-refractivity contribution in [1.29, 1.82) is 0 Å². The third-order valence-corrected chi connectivity index (χ3v) is 1.57. The highest BCUT2D eigenvalue weighted by Crippen LogP contribution is 2.19. The lowest BCUT2D eigenvalue weighted by molar-refractivity contribution is -0.0979. The summed E-state index contributed by atoms with van der Waals surface area (Å²) in [5.41, 5.74) is 1.01. The fourth-order valence-electron chi connectivity index (χ4n) is 0.795. The fourth-order valence-corrected chi connectivity index (χ4v) is 0.998. The SMILES string of the molecule is C=O.CCNc1ccccc1Cl. The number of hydrogen-bond acceptors (Lipinski definition) is 2. The number of rotatable bonds is 2. The lowest BCUT2D eigenvalue weighted by atomic mass is 10.3. The Morgan fingerprint density at radius 2 is 2.00 bits per heavy atom. The molecule has 0 aliphatic heterocycles. The zero-order chi connectivity index (χ0) is 9.40. The molecule has 3 heteroatoms. The lowest BCUT2D eigenvalue weighted by Gasteiger charge is -2.03. The number of halogens is 1. The van der Waals surface area contributed by atoms with E-state index in [0.29, 0.717) is 0 Å². The van der Waals surface area contributed by atoms with Crippen LogP contribution in [0, 0.1) is 0 Å². The van der Waals surface area contributed by atoms with Crippen molar-refractivity contribution in [2.24, 2.45) is 0 Å². The second-order valence-electron chi connectivity index (χ2n) is 2.01. The van der Waals surface area contributed by atoms with Crippen LogP contribution in [-0.4, -0.2) is 13.3 Å².